The number of phenols is 1. The number of rotatable bonds is 8. The first-order valence-corrected chi connectivity index (χ1v) is 17.2. The molecule has 0 atom stereocenters. The molecular weight excluding hydrogens is 656 g/mol. The summed E-state index contributed by atoms with van der Waals surface area (Å²) in [6.45, 7) is 3.78. The van der Waals surface area contributed by atoms with Gasteiger partial charge in [-0.1, -0.05) is 24.3 Å². The molecule has 5 heterocycles. The highest BCUT2D eigenvalue weighted by Crippen LogP contribution is 2.33. The van der Waals surface area contributed by atoms with Crippen LogP contribution in [0.1, 0.15) is 43.0 Å². The molecule has 6 aromatic rings. The summed E-state index contributed by atoms with van der Waals surface area (Å²) in [6, 6.07) is 16.6. The van der Waals surface area contributed by atoms with Gasteiger partial charge in [-0.05, 0) is 73.2 Å². The van der Waals surface area contributed by atoms with Gasteiger partial charge < -0.3 is 19.6 Å². The van der Waals surface area contributed by atoms with Crippen LogP contribution in [0.4, 0.5) is 8.78 Å². The van der Waals surface area contributed by atoms with Crippen molar-refractivity contribution in [2.45, 2.75) is 50.9 Å². The highest BCUT2D eigenvalue weighted by molar-refractivity contribution is 5.77. The molecule has 1 aliphatic heterocycles. The number of nitrogens with one attached hydrogen (secondary N) is 1. The summed E-state index contributed by atoms with van der Waals surface area (Å²) in [5, 5.41) is 14.5. The van der Waals surface area contributed by atoms with Crippen LogP contribution in [0.2, 0.25) is 0 Å². The van der Waals surface area contributed by atoms with E-state index < -0.39 is 23.1 Å². The molecule has 1 saturated carbocycles. The standard InChI is InChI=1S/C38H37F2N7O4/c39-25-7-12-35-43-28(22-45(35)21-25)20-41-27-8-10-29(11-9-27)47-37(49)32-18-26(40)19-42-36(32)46(38(47)50)30-4-1-3-24(17-30)31-5-2-6-34(48)33(31)23-44-13-15-51-16-14-44/h1-7,12,17-19,21-22,27,29,41,48H,8-11,13-16,20,23H2. The Hall–Kier alpha value is -5.24. The molecule has 262 valence electrons. The summed E-state index contributed by atoms with van der Waals surface area (Å²) in [7, 11) is 0. The molecule has 0 radical (unpaired) electrons. The van der Waals surface area contributed by atoms with Gasteiger partial charge in [0.1, 0.15) is 23.0 Å². The number of ether oxygens (including phenoxy) is 1. The Labute approximate surface area is 291 Å². The molecule has 51 heavy (non-hydrogen) atoms. The molecule has 13 heteroatoms. The van der Waals surface area contributed by atoms with E-state index in [1.165, 1.54) is 21.4 Å². The molecule has 4 aromatic heterocycles. The van der Waals surface area contributed by atoms with E-state index >= 15 is 0 Å². The van der Waals surface area contributed by atoms with Gasteiger partial charge in [-0.15, -0.1) is 0 Å². The van der Waals surface area contributed by atoms with Crippen LogP contribution in [-0.4, -0.2) is 65.9 Å². The molecule has 1 aliphatic carbocycles. The maximum atomic E-state index is 14.6. The average Bonchev–Trinajstić information content (AvgIpc) is 3.55. The topological polar surface area (TPSA) is 119 Å². The molecule has 0 bridgehead atoms. The van der Waals surface area contributed by atoms with Crippen molar-refractivity contribution in [3.63, 3.8) is 0 Å². The minimum absolute atomic E-state index is 0.0221. The second-order valence-corrected chi connectivity index (χ2v) is 13.3. The van der Waals surface area contributed by atoms with E-state index in [-0.39, 0.29) is 28.6 Å². The first kappa shape index (κ1) is 32.9. The molecule has 8 rings (SSSR count). The van der Waals surface area contributed by atoms with Gasteiger partial charge >= 0.3 is 5.69 Å². The number of imidazole rings is 1. The van der Waals surface area contributed by atoms with Crippen molar-refractivity contribution in [3.05, 3.63) is 123 Å². The first-order chi connectivity index (χ1) is 24.8. The fourth-order valence-electron chi connectivity index (χ4n) is 7.43. The van der Waals surface area contributed by atoms with Gasteiger partial charge in [0.25, 0.3) is 5.56 Å². The molecule has 0 spiro atoms. The second-order valence-electron chi connectivity index (χ2n) is 13.3. The van der Waals surface area contributed by atoms with E-state index in [0.717, 1.165) is 47.7 Å². The van der Waals surface area contributed by atoms with Crippen LogP contribution >= 0.6 is 0 Å². The van der Waals surface area contributed by atoms with Crippen LogP contribution in [0, 0.1) is 11.6 Å². The SMILES string of the molecule is O=c1c2cc(F)cnc2n(-c2cccc(-c3cccc(O)c3CN3CCOCC3)c2)c(=O)n1C1CCC(NCc2cn3cc(F)ccc3n2)CC1. The lowest BCUT2D eigenvalue weighted by molar-refractivity contribution is 0.0339. The molecule has 0 unspecified atom stereocenters. The Bertz CT molecular complexity index is 2360. The van der Waals surface area contributed by atoms with E-state index in [2.05, 4.69) is 20.2 Å². The quantitative estimate of drug-likeness (QED) is 0.230. The zero-order valence-corrected chi connectivity index (χ0v) is 27.8. The lowest BCUT2D eigenvalue weighted by Gasteiger charge is -2.30. The summed E-state index contributed by atoms with van der Waals surface area (Å²) in [4.78, 5) is 39.3. The van der Waals surface area contributed by atoms with Gasteiger partial charge in [-0.25, -0.2) is 28.1 Å². The van der Waals surface area contributed by atoms with Crippen LogP contribution in [0.3, 0.4) is 0 Å². The van der Waals surface area contributed by atoms with Crippen molar-refractivity contribution in [1.29, 1.82) is 0 Å². The smallest absolute Gasteiger partial charge is 0.337 e. The number of hydrogen-bond donors (Lipinski definition) is 2. The molecule has 2 N–H and O–H groups in total. The number of aromatic nitrogens is 5. The molecule has 11 nitrogen and oxygen atoms in total. The second kappa shape index (κ2) is 13.8. The third-order valence-electron chi connectivity index (χ3n) is 10.0. The number of halogens is 2. The normalized spacial score (nSPS) is 18.5. The van der Waals surface area contributed by atoms with Crippen LogP contribution in [-0.2, 0) is 17.8 Å². The monoisotopic (exact) mass is 693 g/mol. The molecule has 2 aliphatic rings. The van der Waals surface area contributed by atoms with Crippen molar-refractivity contribution in [1.82, 2.24) is 33.7 Å². The summed E-state index contributed by atoms with van der Waals surface area (Å²) in [6.07, 6.45) is 6.73. The Morgan fingerprint density at radius 3 is 2.55 bits per heavy atom. The minimum Gasteiger partial charge on any atom is -0.508 e. The number of benzene rings is 2. The average molecular weight is 694 g/mol. The third-order valence-corrected chi connectivity index (χ3v) is 10.0. The summed E-state index contributed by atoms with van der Waals surface area (Å²) in [5.74, 6) is -0.825. The first-order valence-electron chi connectivity index (χ1n) is 17.2. The Kier molecular flexibility index (Phi) is 8.92. The number of nitrogens with zero attached hydrogens (tertiary/aromatic N) is 6. The summed E-state index contributed by atoms with van der Waals surface area (Å²) < 4.78 is 38.0. The third kappa shape index (κ3) is 6.55. The lowest BCUT2D eigenvalue weighted by Crippen LogP contribution is -2.44. The molecule has 2 aromatic carbocycles. The summed E-state index contributed by atoms with van der Waals surface area (Å²) in [5.41, 5.74) is 3.24. The molecular formula is C38H37F2N7O4. The van der Waals surface area contributed by atoms with Gasteiger partial charge in [0, 0.05) is 56.2 Å². The Balaban J connectivity index is 1.09. The van der Waals surface area contributed by atoms with Crippen molar-refractivity contribution in [3.8, 4) is 22.6 Å². The predicted octanol–water partition coefficient (Wildman–Crippen LogP) is 4.95. The molecule has 1 saturated heterocycles. The maximum Gasteiger partial charge on any atom is 0.337 e. The minimum atomic E-state index is -0.666. The summed E-state index contributed by atoms with van der Waals surface area (Å²) >= 11 is 0. The molecule has 0 amide bonds. The van der Waals surface area contributed by atoms with Crippen LogP contribution in [0.25, 0.3) is 33.5 Å². The van der Waals surface area contributed by atoms with E-state index in [0.29, 0.717) is 63.3 Å². The Morgan fingerprint density at radius 1 is 0.922 bits per heavy atom. The fraction of sp³-hybridized carbons (Fsp3) is 0.316. The zero-order valence-electron chi connectivity index (χ0n) is 27.8. The van der Waals surface area contributed by atoms with Gasteiger partial charge in [-0.3, -0.25) is 14.3 Å². The largest absolute Gasteiger partial charge is 0.508 e. The predicted molar refractivity (Wildman–Crippen MR) is 188 cm³/mol. The number of phenolic OH excluding ortho intramolecular Hbond substituents is 1. The number of hydrogen-bond acceptors (Lipinski definition) is 8. The van der Waals surface area contributed by atoms with E-state index in [1.807, 2.05) is 24.3 Å². The van der Waals surface area contributed by atoms with Crippen LogP contribution in [0.5, 0.6) is 5.75 Å². The number of fused-ring (bicyclic) bond motifs is 2. The number of pyridine rings is 2. The number of aromatic hydroxyl groups is 1. The van der Waals surface area contributed by atoms with Crippen molar-refractivity contribution >= 4 is 16.7 Å². The van der Waals surface area contributed by atoms with E-state index in [1.54, 1.807) is 34.9 Å². The highest BCUT2D eigenvalue weighted by atomic mass is 19.1. The zero-order chi connectivity index (χ0) is 35.1. The van der Waals surface area contributed by atoms with Gasteiger partial charge in [0.2, 0.25) is 0 Å². The van der Waals surface area contributed by atoms with Crippen LogP contribution in [0.15, 0.2) is 88.8 Å². The van der Waals surface area contributed by atoms with Crippen molar-refractivity contribution in [2.24, 2.45) is 0 Å². The van der Waals surface area contributed by atoms with Gasteiger partial charge in [0.15, 0.2) is 5.65 Å². The fourth-order valence-corrected chi connectivity index (χ4v) is 7.43. The molecule has 2 fully saturated rings. The van der Waals surface area contributed by atoms with E-state index in [4.69, 9.17) is 4.74 Å². The highest BCUT2D eigenvalue weighted by Gasteiger charge is 2.28. The van der Waals surface area contributed by atoms with Crippen LogP contribution < -0.4 is 16.6 Å². The maximum absolute atomic E-state index is 14.6. The number of morpholine rings is 1. The van der Waals surface area contributed by atoms with Gasteiger partial charge in [-0.2, -0.15) is 0 Å². The Morgan fingerprint density at radius 2 is 1.73 bits per heavy atom. The lowest BCUT2D eigenvalue weighted by atomic mass is 9.91. The van der Waals surface area contributed by atoms with Crippen molar-refractivity contribution in [2.75, 3.05) is 26.3 Å². The van der Waals surface area contributed by atoms with E-state index in [9.17, 15) is 23.5 Å². The van der Waals surface area contributed by atoms with Gasteiger partial charge in [0.05, 0.1) is 36.2 Å². The van der Waals surface area contributed by atoms with Crippen molar-refractivity contribution < 1.29 is 18.6 Å².